The highest BCUT2D eigenvalue weighted by Crippen LogP contribution is 2.14. The van der Waals surface area contributed by atoms with E-state index >= 15 is 0 Å². The van der Waals surface area contributed by atoms with E-state index in [1.54, 1.807) is 32.0 Å². The molecule has 6 heteroatoms. The minimum absolute atomic E-state index is 0.0592. The highest BCUT2D eigenvalue weighted by molar-refractivity contribution is 7.89. The van der Waals surface area contributed by atoms with Gasteiger partial charge in [0.2, 0.25) is 10.0 Å². The molecule has 0 radical (unpaired) electrons. The van der Waals surface area contributed by atoms with Crippen LogP contribution < -0.4 is 4.72 Å². The predicted molar refractivity (Wildman–Crippen MR) is 67.8 cm³/mol. The summed E-state index contributed by atoms with van der Waals surface area (Å²) in [4.78, 5) is 10.7. The molecule has 0 aromatic heterocycles. The Labute approximate surface area is 107 Å². The van der Waals surface area contributed by atoms with Crippen molar-refractivity contribution in [2.75, 3.05) is 6.54 Å². The SMILES string of the molecule is Cc1ccccc1S(=O)(=O)NCC(C)CC(=O)O. The monoisotopic (exact) mass is 271 g/mol. The number of sulfonamides is 1. The van der Waals surface area contributed by atoms with Gasteiger partial charge in [-0.3, -0.25) is 4.79 Å². The first kappa shape index (κ1) is 14.7. The van der Waals surface area contributed by atoms with Crippen LogP contribution in [-0.4, -0.2) is 26.0 Å². The van der Waals surface area contributed by atoms with Crippen LogP contribution in [0.15, 0.2) is 29.2 Å². The van der Waals surface area contributed by atoms with Crippen molar-refractivity contribution in [3.05, 3.63) is 29.8 Å². The van der Waals surface area contributed by atoms with E-state index in [2.05, 4.69) is 4.72 Å². The van der Waals surface area contributed by atoms with Crippen molar-refractivity contribution in [2.45, 2.75) is 25.2 Å². The number of carbonyl (C=O) groups is 1. The molecule has 0 saturated heterocycles. The predicted octanol–water partition coefficient (Wildman–Crippen LogP) is 1.38. The number of carboxylic acid groups (broad SMARTS) is 1. The largest absolute Gasteiger partial charge is 0.481 e. The van der Waals surface area contributed by atoms with Crippen LogP contribution in [0.3, 0.4) is 0 Å². The van der Waals surface area contributed by atoms with Crippen LogP contribution in [0.25, 0.3) is 0 Å². The zero-order valence-electron chi connectivity index (χ0n) is 10.4. The van der Waals surface area contributed by atoms with E-state index in [0.717, 1.165) is 0 Å². The topological polar surface area (TPSA) is 83.5 Å². The van der Waals surface area contributed by atoms with E-state index < -0.39 is 16.0 Å². The normalized spacial score (nSPS) is 13.2. The number of carboxylic acids is 1. The second-order valence-corrected chi connectivity index (χ2v) is 6.06. The maximum atomic E-state index is 12.0. The van der Waals surface area contributed by atoms with Gasteiger partial charge in [0.05, 0.1) is 4.90 Å². The minimum atomic E-state index is -3.56. The molecule has 1 aromatic carbocycles. The Morgan fingerprint density at radius 1 is 1.39 bits per heavy atom. The van der Waals surface area contributed by atoms with Gasteiger partial charge in [-0.15, -0.1) is 0 Å². The van der Waals surface area contributed by atoms with Gasteiger partial charge in [0.1, 0.15) is 0 Å². The Hall–Kier alpha value is -1.40. The Morgan fingerprint density at radius 3 is 2.56 bits per heavy atom. The van der Waals surface area contributed by atoms with Gasteiger partial charge in [-0.25, -0.2) is 13.1 Å². The third kappa shape index (κ3) is 4.12. The summed E-state index contributed by atoms with van der Waals surface area (Å²) in [6, 6.07) is 6.67. The molecule has 5 nitrogen and oxygen atoms in total. The molecular formula is C12H17NO4S. The molecule has 0 bridgehead atoms. The van der Waals surface area contributed by atoms with Crippen LogP contribution in [0.2, 0.25) is 0 Å². The lowest BCUT2D eigenvalue weighted by Gasteiger charge is -2.12. The van der Waals surface area contributed by atoms with Crippen molar-refractivity contribution < 1.29 is 18.3 Å². The molecule has 1 atom stereocenters. The van der Waals surface area contributed by atoms with Crippen molar-refractivity contribution in [2.24, 2.45) is 5.92 Å². The first-order chi connectivity index (χ1) is 8.33. The number of rotatable bonds is 6. The molecule has 0 aliphatic heterocycles. The number of benzene rings is 1. The summed E-state index contributed by atoms with van der Waals surface area (Å²) in [5.74, 6) is -1.18. The summed E-state index contributed by atoms with van der Waals surface area (Å²) in [7, 11) is -3.56. The summed E-state index contributed by atoms with van der Waals surface area (Å²) >= 11 is 0. The molecule has 100 valence electrons. The quantitative estimate of drug-likeness (QED) is 0.819. The van der Waals surface area contributed by atoms with Gasteiger partial charge in [0, 0.05) is 13.0 Å². The van der Waals surface area contributed by atoms with Crippen LogP contribution in [0.5, 0.6) is 0 Å². The zero-order chi connectivity index (χ0) is 13.8. The van der Waals surface area contributed by atoms with E-state index in [4.69, 9.17) is 5.11 Å². The Bertz CT molecular complexity index is 525. The van der Waals surface area contributed by atoms with Crippen molar-refractivity contribution in [1.82, 2.24) is 4.72 Å². The van der Waals surface area contributed by atoms with Crippen molar-refractivity contribution in [3.8, 4) is 0 Å². The molecule has 2 N–H and O–H groups in total. The summed E-state index contributed by atoms with van der Waals surface area (Å²) in [5.41, 5.74) is 0.663. The second kappa shape index (κ2) is 5.97. The third-order valence-electron chi connectivity index (χ3n) is 2.53. The fraction of sp³-hybridized carbons (Fsp3) is 0.417. The van der Waals surface area contributed by atoms with Crippen LogP contribution in [-0.2, 0) is 14.8 Å². The van der Waals surface area contributed by atoms with Crippen LogP contribution in [0, 0.1) is 12.8 Å². The number of nitrogens with one attached hydrogen (secondary N) is 1. The van der Waals surface area contributed by atoms with Crippen LogP contribution >= 0.6 is 0 Å². The van der Waals surface area contributed by atoms with Crippen LogP contribution in [0.4, 0.5) is 0 Å². The maximum absolute atomic E-state index is 12.0. The van der Waals surface area contributed by atoms with Gasteiger partial charge in [0.15, 0.2) is 0 Å². The summed E-state index contributed by atoms with van der Waals surface area (Å²) in [6.07, 6.45) is -0.0592. The Balaban J connectivity index is 2.72. The van der Waals surface area contributed by atoms with Crippen molar-refractivity contribution >= 4 is 16.0 Å². The van der Waals surface area contributed by atoms with Gasteiger partial charge in [-0.05, 0) is 24.5 Å². The number of aliphatic carboxylic acids is 1. The van der Waals surface area contributed by atoms with Gasteiger partial charge in [-0.1, -0.05) is 25.1 Å². The van der Waals surface area contributed by atoms with E-state index in [1.165, 1.54) is 6.07 Å². The Kier molecular flexibility index (Phi) is 4.86. The molecule has 18 heavy (non-hydrogen) atoms. The molecule has 0 spiro atoms. The molecule has 1 rings (SSSR count). The van der Waals surface area contributed by atoms with E-state index in [0.29, 0.717) is 5.56 Å². The molecule has 0 aliphatic carbocycles. The average molecular weight is 271 g/mol. The fourth-order valence-electron chi connectivity index (χ4n) is 1.56. The van der Waals surface area contributed by atoms with Crippen LogP contribution in [0.1, 0.15) is 18.9 Å². The maximum Gasteiger partial charge on any atom is 0.303 e. The first-order valence-corrected chi connectivity index (χ1v) is 7.08. The second-order valence-electron chi connectivity index (χ2n) is 4.32. The van der Waals surface area contributed by atoms with E-state index in [1.807, 2.05) is 0 Å². The first-order valence-electron chi connectivity index (χ1n) is 5.60. The lowest BCUT2D eigenvalue weighted by atomic mass is 10.1. The smallest absolute Gasteiger partial charge is 0.303 e. The number of hydrogen-bond donors (Lipinski definition) is 2. The number of hydrogen-bond acceptors (Lipinski definition) is 3. The summed E-state index contributed by atoms with van der Waals surface area (Å²) in [6.45, 7) is 3.52. The highest BCUT2D eigenvalue weighted by atomic mass is 32.2. The lowest BCUT2D eigenvalue weighted by molar-refractivity contribution is -0.137. The molecule has 1 unspecified atom stereocenters. The Morgan fingerprint density at radius 2 is 2.00 bits per heavy atom. The minimum Gasteiger partial charge on any atom is -0.481 e. The fourth-order valence-corrected chi connectivity index (χ4v) is 2.97. The van der Waals surface area contributed by atoms with Gasteiger partial charge in [-0.2, -0.15) is 0 Å². The highest BCUT2D eigenvalue weighted by Gasteiger charge is 2.17. The van der Waals surface area contributed by atoms with Crippen molar-refractivity contribution in [1.29, 1.82) is 0 Å². The van der Waals surface area contributed by atoms with Gasteiger partial charge in [0.25, 0.3) is 0 Å². The number of aryl methyl sites for hydroxylation is 1. The van der Waals surface area contributed by atoms with E-state index in [9.17, 15) is 13.2 Å². The molecule has 0 heterocycles. The van der Waals surface area contributed by atoms with E-state index in [-0.39, 0.29) is 23.8 Å². The average Bonchev–Trinajstić information content (AvgIpc) is 2.26. The van der Waals surface area contributed by atoms with Gasteiger partial charge < -0.3 is 5.11 Å². The molecule has 0 amide bonds. The van der Waals surface area contributed by atoms with Gasteiger partial charge >= 0.3 is 5.97 Å². The molecule has 1 aromatic rings. The zero-order valence-corrected chi connectivity index (χ0v) is 11.2. The third-order valence-corrected chi connectivity index (χ3v) is 4.11. The van der Waals surface area contributed by atoms with Crippen molar-refractivity contribution in [3.63, 3.8) is 0 Å². The molecular weight excluding hydrogens is 254 g/mol. The lowest BCUT2D eigenvalue weighted by Crippen LogP contribution is -2.29. The molecule has 0 saturated carbocycles. The molecule has 0 fully saturated rings. The standard InChI is InChI=1S/C12H17NO4S/c1-9(7-12(14)15)8-13-18(16,17)11-6-4-3-5-10(11)2/h3-6,9,13H,7-8H2,1-2H3,(H,14,15). The summed E-state index contributed by atoms with van der Waals surface area (Å²) < 4.78 is 26.4. The molecule has 0 aliphatic rings. The summed E-state index contributed by atoms with van der Waals surface area (Å²) in [5, 5.41) is 8.60.